The van der Waals surface area contributed by atoms with Gasteiger partial charge >= 0.3 is 11.9 Å². The van der Waals surface area contributed by atoms with Crippen LogP contribution >= 0.6 is 0 Å². The largest absolute Gasteiger partial charge is 0.468 e. The number of rotatable bonds is 6. The van der Waals surface area contributed by atoms with E-state index in [1.807, 2.05) is 24.3 Å². The summed E-state index contributed by atoms with van der Waals surface area (Å²) in [6.45, 7) is 0.790. The van der Waals surface area contributed by atoms with Crippen LogP contribution in [0, 0.1) is 11.8 Å². The van der Waals surface area contributed by atoms with E-state index in [2.05, 4.69) is 23.5 Å². The molecule has 5 nitrogen and oxygen atoms in total. The van der Waals surface area contributed by atoms with Crippen LogP contribution in [0.25, 0.3) is 0 Å². The minimum absolute atomic E-state index is 0.187. The lowest BCUT2D eigenvalue weighted by Crippen LogP contribution is -2.32. The summed E-state index contributed by atoms with van der Waals surface area (Å²) in [5, 5.41) is 3.50. The molecule has 0 heterocycles. The van der Waals surface area contributed by atoms with Crippen molar-refractivity contribution in [3.63, 3.8) is 0 Å². The summed E-state index contributed by atoms with van der Waals surface area (Å²) in [4.78, 5) is 23.9. The Labute approximate surface area is 143 Å². The Kier molecular flexibility index (Phi) is 7.00. The maximum atomic E-state index is 11.9. The van der Waals surface area contributed by atoms with Crippen molar-refractivity contribution in [3.05, 3.63) is 48.0 Å². The third-order valence-corrected chi connectivity index (χ3v) is 4.39. The average Bonchev–Trinajstić information content (AvgIpc) is 2.86. The molecule has 1 aromatic carbocycles. The smallest absolute Gasteiger partial charge is 0.320 e. The zero-order chi connectivity index (χ0) is 17.4. The van der Waals surface area contributed by atoms with Crippen LogP contribution < -0.4 is 5.32 Å². The molecule has 0 bridgehead atoms. The van der Waals surface area contributed by atoms with Gasteiger partial charge < -0.3 is 14.8 Å². The second-order valence-corrected chi connectivity index (χ2v) is 5.98. The van der Waals surface area contributed by atoms with Gasteiger partial charge in [0, 0.05) is 18.5 Å². The van der Waals surface area contributed by atoms with Crippen molar-refractivity contribution in [2.75, 3.05) is 14.2 Å². The van der Waals surface area contributed by atoms with Crippen molar-refractivity contribution in [3.8, 4) is 0 Å². The molecule has 0 saturated heterocycles. The van der Waals surface area contributed by atoms with Crippen LogP contribution in [0.15, 0.2) is 42.5 Å². The Morgan fingerprint density at radius 2 is 1.75 bits per heavy atom. The zero-order valence-corrected chi connectivity index (χ0v) is 14.2. The summed E-state index contributed by atoms with van der Waals surface area (Å²) in [5.74, 6) is -2.14. The fraction of sp³-hybridized carbons (Fsp3) is 0.474. The van der Waals surface area contributed by atoms with Gasteiger partial charge in [-0.1, -0.05) is 48.9 Å². The van der Waals surface area contributed by atoms with E-state index in [1.165, 1.54) is 19.8 Å². The van der Waals surface area contributed by atoms with E-state index in [1.54, 1.807) is 0 Å². The molecule has 0 amide bonds. The molecule has 0 fully saturated rings. The van der Waals surface area contributed by atoms with Crippen molar-refractivity contribution in [1.29, 1.82) is 0 Å². The number of allylic oxidation sites excluding steroid dienone is 1. The minimum Gasteiger partial charge on any atom is -0.468 e. The number of methoxy groups -OCH3 is 2. The number of carbonyl (C=O) groups excluding carboxylic acids is 2. The van der Waals surface area contributed by atoms with Crippen LogP contribution in [-0.2, 0) is 25.6 Å². The fourth-order valence-corrected chi connectivity index (χ4v) is 3.04. The first-order valence-electron chi connectivity index (χ1n) is 8.27. The molecular weight excluding hydrogens is 306 g/mol. The fourth-order valence-electron chi connectivity index (χ4n) is 3.04. The molecule has 130 valence electrons. The summed E-state index contributed by atoms with van der Waals surface area (Å²) >= 11 is 0. The van der Waals surface area contributed by atoms with Crippen LogP contribution in [0.2, 0.25) is 0 Å². The number of hydrogen-bond acceptors (Lipinski definition) is 5. The maximum absolute atomic E-state index is 11.9. The quantitative estimate of drug-likeness (QED) is 0.493. The third-order valence-electron chi connectivity index (χ3n) is 4.39. The SMILES string of the molecule is COC(=O)C(C(=O)OC)[C@H]1C=C[C@H](NCc2ccccc2)CCC1. The number of carbonyl (C=O) groups is 2. The van der Waals surface area contributed by atoms with E-state index in [0.29, 0.717) is 0 Å². The van der Waals surface area contributed by atoms with E-state index in [-0.39, 0.29) is 12.0 Å². The van der Waals surface area contributed by atoms with Gasteiger partial charge in [0.05, 0.1) is 14.2 Å². The highest BCUT2D eigenvalue weighted by Gasteiger charge is 2.36. The molecule has 1 N–H and O–H groups in total. The van der Waals surface area contributed by atoms with Crippen LogP contribution in [0.1, 0.15) is 24.8 Å². The normalized spacial score (nSPS) is 20.5. The Morgan fingerprint density at radius 1 is 1.08 bits per heavy atom. The third kappa shape index (κ3) is 4.93. The Bertz CT molecular complexity index is 554. The lowest BCUT2D eigenvalue weighted by atomic mass is 9.88. The Morgan fingerprint density at radius 3 is 2.38 bits per heavy atom. The maximum Gasteiger partial charge on any atom is 0.320 e. The number of esters is 2. The number of benzene rings is 1. The van der Waals surface area contributed by atoms with Gasteiger partial charge in [0.25, 0.3) is 0 Å². The Hall–Kier alpha value is -2.14. The highest BCUT2D eigenvalue weighted by Crippen LogP contribution is 2.26. The number of hydrogen-bond donors (Lipinski definition) is 1. The van der Waals surface area contributed by atoms with E-state index in [4.69, 9.17) is 9.47 Å². The summed E-state index contributed by atoms with van der Waals surface area (Å²) in [6, 6.07) is 10.4. The molecule has 24 heavy (non-hydrogen) atoms. The van der Waals surface area contributed by atoms with Crippen LogP contribution in [0.5, 0.6) is 0 Å². The van der Waals surface area contributed by atoms with Crippen LogP contribution in [-0.4, -0.2) is 32.2 Å². The van der Waals surface area contributed by atoms with E-state index in [0.717, 1.165) is 25.8 Å². The molecule has 2 rings (SSSR count). The molecular formula is C19H25NO4. The van der Waals surface area contributed by atoms with Crippen molar-refractivity contribution in [1.82, 2.24) is 5.32 Å². The first kappa shape index (κ1) is 18.2. The molecule has 0 unspecified atom stereocenters. The molecule has 0 spiro atoms. The lowest BCUT2D eigenvalue weighted by Gasteiger charge is -2.19. The average molecular weight is 331 g/mol. The van der Waals surface area contributed by atoms with Gasteiger partial charge in [0.15, 0.2) is 5.92 Å². The summed E-state index contributed by atoms with van der Waals surface area (Å²) in [5.41, 5.74) is 1.23. The van der Waals surface area contributed by atoms with Gasteiger partial charge in [-0.2, -0.15) is 0 Å². The Balaban J connectivity index is 1.99. The van der Waals surface area contributed by atoms with Crippen molar-refractivity contribution in [2.45, 2.75) is 31.8 Å². The predicted molar refractivity (Wildman–Crippen MR) is 91.1 cm³/mol. The second-order valence-electron chi connectivity index (χ2n) is 5.98. The number of ether oxygens (including phenoxy) is 2. The standard InChI is InChI=1S/C19H25NO4/c1-23-18(21)17(19(22)24-2)15-9-6-10-16(12-11-15)20-13-14-7-4-3-5-8-14/h3-5,7-8,11-12,15-17,20H,6,9-10,13H2,1-2H3/t15-,16-/m1/s1. The van der Waals surface area contributed by atoms with E-state index < -0.39 is 17.9 Å². The summed E-state index contributed by atoms with van der Waals surface area (Å²) in [7, 11) is 2.59. The van der Waals surface area contributed by atoms with Crippen molar-refractivity contribution >= 4 is 11.9 Å². The molecule has 5 heteroatoms. The van der Waals surface area contributed by atoms with Crippen LogP contribution in [0.4, 0.5) is 0 Å². The van der Waals surface area contributed by atoms with Gasteiger partial charge in [0.2, 0.25) is 0 Å². The highest BCUT2D eigenvalue weighted by molar-refractivity contribution is 5.95. The van der Waals surface area contributed by atoms with Crippen LogP contribution in [0.3, 0.4) is 0 Å². The van der Waals surface area contributed by atoms with Crippen molar-refractivity contribution in [2.24, 2.45) is 11.8 Å². The molecule has 0 radical (unpaired) electrons. The molecule has 0 aromatic heterocycles. The van der Waals surface area contributed by atoms with Crippen molar-refractivity contribution < 1.29 is 19.1 Å². The topological polar surface area (TPSA) is 64.6 Å². The van der Waals surface area contributed by atoms with Gasteiger partial charge in [-0.25, -0.2) is 0 Å². The predicted octanol–water partition coefficient (Wildman–Crippen LogP) is 2.46. The second kappa shape index (κ2) is 9.23. The monoisotopic (exact) mass is 331 g/mol. The highest BCUT2D eigenvalue weighted by atomic mass is 16.5. The first-order chi connectivity index (χ1) is 11.7. The molecule has 1 aliphatic rings. The summed E-state index contributed by atoms with van der Waals surface area (Å²) < 4.78 is 9.54. The van der Waals surface area contributed by atoms with E-state index >= 15 is 0 Å². The first-order valence-corrected chi connectivity index (χ1v) is 8.27. The minimum atomic E-state index is -0.885. The van der Waals surface area contributed by atoms with Gasteiger partial charge in [0.1, 0.15) is 0 Å². The summed E-state index contributed by atoms with van der Waals surface area (Å²) in [6.07, 6.45) is 6.66. The lowest BCUT2D eigenvalue weighted by molar-refractivity contribution is -0.160. The van der Waals surface area contributed by atoms with Gasteiger partial charge in [-0.05, 0) is 18.4 Å². The molecule has 0 saturated carbocycles. The molecule has 2 atom stereocenters. The molecule has 1 aliphatic carbocycles. The van der Waals surface area contributed by atoms with Gasteiger partial charge in [-0.3, -0.25) is 9.59 Å². The number of nitrogens with one attached hydrogen (secondary N) is 1. The zero-order valence-electron chi connectivity index (χ0n) is 14.2. The molecule has 1 aromatic rings. The molecule has 0 aliphatic heterocycles. The van der Waals surface area contributed by atoms with E-state index in [9.17, 15) is 9.59 Å². The van der Waals surface area contributed by atoms with Gasteiger partial charge in [-0.15, -0.1) is 0 Å².